The summed E-state index contributed by atoms with van der Waals surface area (Å²) in [6, 6.07) is 12.0. The predicted octanol–water partition coefficient (Wildman–Crippen LogP) is 1.85. The average Bonchev–Trinajstić information content (AvgIpc) is 2.95. The topological polar surface area (TPSA) is 70.1 Å². The Morgan fingerprint density at radius 2 is 2.20 bits per heavy atom. The molecular formula is C16H21N3O. The molecule has 0 saturated carbocycles. The first-order valence-corrected chi connectivity index (χ1v) is 7.19. The molecule has 4 heteroatoms. The zero-order chi connectivity index (χ0) is 14.4. The van der Waals surface area contributed by atoms with Gasteiger partial charge in [-0.2, -0.15) is 5.26 Å². The van der Waals surface area contributed by atoms with Crippen molar-refractivity contribution in [2.45, 2.75) is 44.2 Å². The Morgan fingerprint density at radius 3 is 2.90 bits per heavy atom. The van der Waals surface area contributed by atoms with E-state index in [-0.39, 0.29) is 18.0 Å². The second-order valence-corrected chi connectivity index (χ2v) is 5.36. The van der Waals surface area contributed by atoms with Crippen LogP contribution in [0.15, 0.2) is 30.3 Å². The van der Waals surface area contributed by atoms with Crippen molar-refractivity contribution >= 4 is 5.91 Å². The minimum atomic E-state index is -0.246. The van der Waals surface area contributed by atoms with Gasteiger partial charge in [-0.05, 0) is 31.2 Å². The molecule has 2 atom stereocenters. The quantitative estimate of drug-likeness (QED) is 0.888. The Bertz CT molecular complexity index is 480. The maximum Gasteiger partial charge on any atom is 0.225 e. The van der Waals surface area contributed by atoms with E-state index in [1.807, 2.05) is 18.2 Å². The molecule has 0 bridgehead atoms. The highest BCUT2D eigenvalue weighted by Crippen LogP contribution is 2.18. The maximum atomic E-state index is 12.1. The van der Waals surface area contributed by atoms with Gasteiger partial charge in [0.25, 0.3) is 0 Å². The van der Waals surface area contributed by atoms with Crippen molar-refractivity contribution in [1.29, 1.82) is 5.26 Å². The van der Waals surface area contributed by atoms with Crippen molar-refractivity contribution in [3.8, 4) is 6.07 Å². The third-order valence-electron chi connectivity index (χ3n) is 3.81. The first-order chi connectivity index (χ1) is 9.70. The van der Waals surface area contributed by atoms with Gasteiger partial charge in [-0.1, -0.05) is 30.3 Å². The summed E-state index contributed by atoms with van der Waals surface area (Å²) in [5.41, 5.74) is 7.29. The zero-order valence-corrected chi connectivity index (χ0v) is 11.7. The fraction of sp³-hybridized carbons (Fsp3) is 0.500. The summed E-state index contributed by atoms with van der Waals surface area (Å²) < 4.78 is 0. The molecular weight excluding hydrogens is 250 g/mol. The highest BCUT2D eigenvalue weighted by molar-refractivity contribution is 5.77. The smallest absolute Gasteiger partial charge is 0.225 e. The highest BCUT2D eigenvalue weighted by atomic mass is 16.2. The van der Waals surface area contributed by atoms with Gasteiger partial charge < -0.3 is 10.6 Å². The van der Waals surface area contributed by atoms with Gasteiger partial charge in [-0.3, -0.25) is 4.79 Å². The number of carbonyl (C=O) groups is 1. The number of nitriles is 1. The SMILES string of the molecule is N#C[C@@H]1CCCN1C(=O)C[C@H](N)CCc1ccccc1. The van der Waals surface area contributed by atoms with Crippen molar-refractivity contribution in [3.63, 3.8) is 0 Å². The summed E-state index contributed by atoms with van der Waals surface area (Å²) >= 11 is 0. The molecule has 1 aliphatic rings. The third kappa shape index (κ3) is 3.82. The van der Waals surface area contributed by atoms with Crippen LogP contribution in [-0.4, -0.2) is 29.4 Å². The van der Waals surface area contributed by atoms with Gasteiger partial charge in [0, 0.05) is 19.0 Å². The monoisotopic (exact) mass is 271 g/mol. The molecule has 0 radical (unpaired) electrons. The lowest BCUT2D eigenvalue weighted by Crippen LogP contribution is -2.38. The Balaban J connectivity index is 1.78. The first kappa shape index (κ1) is 14.5. The summed E-state index contributed by atoms with van der Waals surface area (Å²) in [7, 11) is 0. The molecule has 1 aliphatic heterocycles. The van der Waals surface area contributed by atoms with Crippen LogP contribution in [0.2, 0.25) is 0 Å². The van der Waals surface area contributed by atoms with Crippen LogP contribution in [0.5, 0.6) is 0 Å². The Labute approximate surface area is 120 Å². The van der Waals surface area contributed by atoms with Crippen LogP contribution in [0, 0.1) is 11.3 Å². The number of nitrogens with two attached hydrogens (primary N) is 1. The van der Waals surface area contributed by atoms with E-state index in [4.69, 9.17) is 11.0 Å². The van der Waals surface area contributed by atoms with Crippen LogP contribution in [0.1, 0.15) is 31.2 Å². The van der Waals surface area contributed by atoms with Crippen molar-refractivity contribution in [3.05, 3.63) is 35.9 Å². The number of carbonyl (C=O) groups excluding carboxylic acids is 1. The third-order valence-corrected chi connectivity index (χ3v) is 3.81. The Kier molecular flexibility index (Phi) is 5.14. The molecule has 0 aliphatic carbocycles. The summed E-state index contributed by atoms with van der Waals surface area (Å²) in [5, 5.41) is 9.00. The van der Waals surface area contributed by atoms with Crippen LogP contribution in [0.4, 0.5) is 0 Å². The molecule has 1 aromatic carbocycles. The normalized spacial score (nSPS) is 19.6. The molecule has 20 heavy (non-hydrogen) atoms. The van der Waals surface area contributed by atoms with Gasteiger partial charge in [-0.15, -0.1) is 0 Å². The van der Waals surface area contributed by atoms with Gasteiger partial charge >= 0.3 is 0 Å². The number of amides is 1. The van der Waals surface area contributed by atoms with Crippen molar-refractivity contribution in [2.24, 2.45) is 5.73 Å². The molecule has 1 fully saturated rings. The van der Waals surface area contributed by atoms with E-state index in [0.29, 0.717) is 13.0 Å². The molecule has 0 spiro atoms. The second-order valence-electron chi connectivity index (χ2n) is 5.36. The molecule has 1 saturated heterocycles. The number of hydrogen-bond donors (Lipinski definition) is 1. The minimum Gasteiger partial charge on any atom is -0.327 e. The van der Waals surface area contributed by atoms with Crippen molar-refractivity contribution < 1.29 is 4.79 Å². The van der Waals surface area contributed by atoms with Gasteiger partial charge in [0.1, 0.15) is 6.04 Å². The lowest BCUT2D eigenvalue weighted by Gasteiger charge is -2.21. The summed E-state index contributed by atoms with van der Waals surface area (Å²) in [4.78, 5) is 13.8. The van der Waals surface area contributed by atoms with Crippen LogP contribution < -0.4 is 5.73 Å². The Hall–Kier alpha value is -1.86. The zero-order valence-electron chi connectivity index (χ0n) is 11.7. The minimum absolute atomic E-state index is 0.0228. The number of hydrogen-bond acceptors (Lipinski definition) is 3. The molecule has 0 unspecified atom stereocenters. The summed E-state index contributed by atoms with van der Waals surface area (Å²) in [5.74, 6) is 0.0228. The fourth-order valence-corrected chi connectivity index (χ4v) is 2.64. The van der Waals surface area contributed by atoms with Gasteiger partial charge in [0.15, 0.2) is 0 Å². The highest BCUT2D eigenvalue weighted by Gasteiger charge is 2.28. The number of nitrogens with zero attached hydrogens (tertiary/aromatic N) is 2. The lowest BCUT2D eigenvalue weighted by molar-refractivity contribution is -0.131. The average molecular weight is 271 g/mol. The fourth-order valence-electron chi connectivity index (χ4n) is 2.64. The van der Waals surface area contributed by atoms with E-state index < -0.39 is 0 Å². The molecule has 4 nitrogen and oxygen atoms in total. The Morgan fingerprint density at radius 1 is 1.45 bits per heavy atom. The first-order valence-electron chi connectivity index (χ1n) is 7.19. The molecule has 2 N–H and O–H groups in total. The number of rotatable bonds is 5. The summed E-state index contributed by atoms with van der Waals surface area (Å²) in [6.45, 7) is 0.697. The molecule has 106 valence electrons. The number of benzene rings is 1. The largest absolute Gasteiger partial charge is 0.327 e. The second kappa shape index (κ2) is 7.06. The maximum absolute atomic E-state index is 12.1. The standard InChI is InChI=1S/C16H21N3O/c17-12-15-7-4-10-19(15)16(20)11-14(18)9-8-13-5-2-1-3-6-13/h1-3,5-6,14-15H,4,7-11,18H2/t14-,15+/m1/s1. The van der Waals surface area contributed by atoms with Crippen molar-refractivity contribution in [1.82, 2.24) is 4.90 Å². The molecule has 1 aromatic rings. The predicted molar refractivity (Wildman–Crippen MR) is 77.7 cm³/mol. The van der Waals surface area contributed by atoms with E-state index in [2.05, 4.69) is 18.2 Å². The van der Waals surface area contributed by atoms with E-state index in [0.717, 1.165) is 25.7 Å². The molecule has 2 rings (SSSR count). The van der Waals surface area contributed by atoms with Crippen molar-refractivity contribution in [2.75, 3.05) is 6.54 Å². The lowest BCUT2D eigenvalue weighted by atomic mass is 10.0. The van der Waals surface area contributed by atoms with E-state index in [1.54, 1.807) is 4.90 Å². The van der Waals surface area contributed by atoms with E-state index in [1.165, 1.54) is 5.56 Å². The molecule has 1 amide bonds. The van der Waals surface area contributed by atoms with Crippen LogP contribution in [0.25, 0.3) is 0 Å². The number of aryl methyl sites for hydroxylation is 1. The molecule has 0 aromatic heterocycles. The molecule has 1 heterocycles. The van der Waals surface area contributed by atoms with E-state index in [9.17, 15) is 4.79 Å². The number of likely N-dealkylation sites (tertiary alicyclic amines) is 1. The summed E-state index contributed by atoms with van der Waals surface area (Å²) in [6.07, 6.45) is 3.73. The van der Waals surface area contributed by atoms with Gasteiger partial charge in [-0.25, -0.2) is 0 Å². The van der Waals surface area contributed by atoms with E-state index >= 15 is 0 Å². The van der Waals surface area contributed by atoms with Gasteiger partial charge in [0.2, 0.25) is 5.91 Å². The van der Waals surface area contributed by atoms with Crippen LogP contribution in [0.3, 0.4) is 0 Å². The van der Waals surface area contributed by atoms with Crippen LogP contribution in [-0.2, 0) is 11.2 Å². The van der Waals surface area contributed by atoms with Crippen LogP contribution >= 0.6 is 0 Å². The van der Waals surface area contributed by atoms with Gasteiger partial charge in [0.05, 0.1) is 6.07 Å².